The van der Waals surface area contributed by atoms with Crippen molar-refractivity contribution in [2.45, 2.75) is 19.4 Å². The molecule has 2 heterocycles. The summed E-state index contributed by atoms with van der Waals surface area (Å²) in [6.07, 6.45) is 4.38. The fraction of sp³-hybridized carbons (Fsp3) is 0.188. The Morgan fingerprint density at radius 3 is 2.90 bits per heavy atom. The van der Waals surface area contributed by atoms with E-state index in [2.05, 4.69) is 17.2 Å². The molecule has 20 heavy (non-hydrogen) atoms. The molecule has 1 unspecified atom stereocenters. The first-order chi connectivity index (χ1) is 9.79. The fourth-order valence-corrected chi connectivity index (χ4v) is 2.53. The molecule has 0 aliphatic carbocycles. The predicted molar refractivity (Wildman–Crippen MR) is 82.1 cm³/mol. The van der Waals surface area contributed by atoms with E-state index in [0.717, 1.165) is 28.8 Å². The largest absolute Gasteiger partial charge is 0.467 e. The molecule has 3 rings (SSSR count). The molecule has 3 aromatic rings. The van der Waals surface area contributed by atoms with E-state index in [9.17, 15) is 0 Å². The molecule has 102 valence electrons. The Morgan fingerprint density at radius 2 is 2.15 bits per heavy atom. The number of halogens is 1. The maximum absolute atomic E-state index is 6.19. The number of hydrogen-bond donors (Lipinski definition) is 1. The van der Waals surface area contributed by atoms with Crippen molar-refractivity contribution >= 4 is 28.2 Å². The van der Waals surface area contributed by atoms with Crippen molar-refractivity contribution in [2.24, 2.45) is 0 Å². The number of fused-ring (bicyclic) bond motifs is 1. The van der Waals surface area contributed by atoms with E-state index in [1.54, 1.807) is 12.5 Å². The van der Waals surface area contributed by atoms with Gasteiger partial charge in [-0.3, -0.25) is 4.98 Å². The molecule has 3 nitrogen and oxygen atoms in total. The van der Waals surface area contributed by atoms with Crippen LogP contribution in [-0.2, 0) is 0 Å². The zero-order valence-corrected chi connectivity index (χ0v) is 11.9. The number of benzene rings is 1. The van der Waals surface area contributed by atoms with E-state index in [0.29, 0.717) is 5.02 Å². The van der Waals surface area contributed by atoms with Crippen LogP contribution in [0.25, 0.3) is 10.9 Å². The van der Waals surface area contributed by atoms with E-state index in [-0.39, 0.29) is 6.04 Å². The molecule has 4 heteroatoms. The Kier molecular flexibility index (Phi) is 3.61. The van der Waals surface area contributed by atoms with Crippen LogP contribution in [0.15, 0.2) is 53.3 Å². The van der Waals surface area contributed by atoms with Crippen LogP contribution < -0.4 is 5.32 Å². The first kappa shape index (κ1) is 13.0. The second kappa shape index (κ2) is 5.55. The standard InChI is InChI=1S/C16H15ClN2O/c1-2-13(15-6-4-10-20-15)19-14-8-7-12(17)16-11(14)5-3-9-18-16/h3-10,13,19H,2H2,1H3. The summed E-state index contributed by atoms with van der Waals surface area (Å²) in [6, 6.07) is 11.8. The molecule has 0 saturated carbocycles. The van der Waals surface area contributed by atoms with Crippen molar-refractivity contribution in [1.29, 1.82) is 0 Å². The van der Waals surface area contributed by atoms with Gasteiger partial charge in [-0.05, 0) is 42.8 Å². The lowest BCUT2D eigenvalue weighted by atomic mass is 10.1. The van der Waals surface area contributed by atoms with E-state index in [1.165, 1.54) is 0 Å². The number of nitrogens with one attached hydrogen (secondary N) is 1. The fourth-order valence-electron chi connectivity index (χ4n) is 2.32. The maximum atomic E-state index is 6.19. The predicted octanol–water partition coefficient (Wildman–Crippen LogP) is 5.04. The lowest BCUT2D eigenvalue weighted by Crippen LogP contribution is -2.09. The van der Waals surface area contributed by atoms with Gasteiger partial charge in [-0.15, -0.1) is 0 Å². The number of furan rings is 1. The van der Waals surface area contributed by atoms with Crippen LogP contribution in [-0.4, -0.2) is 4.98 Å². The van der Waals surface area contributed by atoms with E-state index in [4.69, 9.17) is 16.0 Å². The van der Waals surface area contributed by atoms with E-state index in [1.807, 2.05) is 36.4 Å². The van der Waals surface area contributed by atoms with Crippen molar-refractivity contribution in [3.8, 4) is 0 Å². The Bertz CT molecular complexity index is 710. The second-order valence-electron chi connectivity index (χ2n) is 4.62. The first-order valence-electron chi connectivity index (χ1n) is 6.62. The molecule has 1 aromatic carbocycles. The number of aromatic nitrogens is 1. The number of hydrogen-bond acceptors (Lipinski definition) is 3. The number of pyridine rings is 1. The van der Waals surface area contributed by atoms with Gasteiger partial charge in [-0.1, -0.05) is 18.5 Å². The third kappa shape index (κ3) is 2.37. The lowest BCUT2D eigenvalue weighted by molar-refractivity contribution is 0.474. The summed E-state index contributed by atoms with van der Waals surface area (Å²) in [4.78, 5) is 4.34. The molecule has 1 atom stereocenters. The van der Waals surface area contributed by atoms with Crippen molar-refractivity contribution in [1.82, 2.24) is 4.98 Å². The summed E-state index contributed by atoms with van der Waals surface area (Å²) in [5, 5.41) is 5.19. The Morgan fingerprint density at radius 1 is 1.25 bits per heavy atom. The molecule has 2 aromatic heterocycles. The summed E-state index contributed by atoms with van der Waals surface area (Å²) < 4.78 is 5.49. The number of nitrogens with zero attached hydrogens (tertiary/aromatic N) is 1. The smallest absolute Gasteiger partial charge is 0.125 e. The normalized spacial score (nSPS) is 12.5. The number of anilines is 1. The van der Waals surface area contributed by atoms with Gasteiger partial charge in [0.25, 0.3) is 0 Å². The molecule has 0 amide bonds. The van der Waals surface area contributed by atoms with Gasteiger partial charge in [0.2, 0.25) is 0 Å². The minimum Gasteiger partial charge on any atom is -0.467 e. The van der Waals surface area contributed by atoms with Crippen LogP contribution in [0.1, 0.15) is 25.1 Å². The van der Waals surface area contributed by atoms with Gasteiger partial charge in [0.15, 0.2) is 0 Å². The average molecular weight is 287 g/mol. The molecular weight excluding hydrogens is 272 g/mol. The second-order valence-corrected chi connectivity index (χ2v) is 5.02. The third-order valence-electron chi connectivity index (χ3n) is 3.35. The topological polar surface area (TPSA) is 38.1 Å². The molecule has 1 N–H and O–H groups in total. The van der Waals surface area contributed by atoms with Crippen molar-refractivity contribution in [3.05, 3.63) is 59.6 Å². The SMILES string of the molecule is CCC(Nc1ccc(Cl)c2ncccc12)c1ccco1. The molecule has 0 fully saturated rings. The van der Waals surface area contributed by atoms with Gasteiger partial charge in [0, 0.05) is 17.3 Å². The van der Waals surface area contributed by atoms with Gasteiger partial charge in [0.1, 0.15) is 5.76 Å². The first-order valence-corrected chi connectivity index (χ1v) is 7.00. The maximum Gasteiger partial charge on any atom is 0.125 e. The highest BCUT2D eigenvalue weighted by atomic mass is 35.5. The monoisotopic (exact) mass is 286 g/mol. The van der Waals surface area contributed by atoms with Crippen LogP contribution >= 0.6 is 11.6 Å². The summed E-state index contributed by atoms with van der Waals surface area (Å²) in [5.74, 6) is 0.930. The molecule has 0 bridgehead atoms. The zero-order valence-electron chi connectivity index (χ0n) is 11.1. The highest BCUT2D eigenvalue weighted by Gasteiger charge is 2.14. The average Bonchev–Trinajstić information content (AvgIpc) is 3.01. The molecule has 0 saturated heterocycles. The van der Waals surface area contributed by atoms with E-state index >= 15 is 0 Å². The lowest BCUT2D eigenvalue weighted by Gasteiger charge is -2.17. The van der Waals surface area contributed by atoms with Crippen molar-refractivity contribution < 1.29 is 4.42 Å². The summed E-state index contributed by atoms with van der Waals surface area (Å²) in [7, 11) is 0. The van der Waals surface area contributed by atoms with Crippen molar-refractivity contribution in [2.75, 3.05) is 5.32 Å². The van der Waals surface area contributed by atoms with Crippen LogP contribution in [0, 0.1) is 0 Å². The highest BCUT2D eigenvalue weighted by molar-refractivity contribution is 6.35. The van der Waals surface area contributed by atoms with Crippen molar-refractivity contribution in [3.63, 3.8) is 0 Å². The highest BCUT2D eigenvalue weighted by Crippen LogP contribution is 2.31. The molecular formula is C16H15ClN2O. The molecule has 0 radical (unpaired) electrons. The minimum absolute atomic E-state index is 0.134. The Labute approximate surface area is 122 Å². The molecule has 0 aliphatic heterocycles. The van der Waals surface area contributed by atoms with Crippen LogP contribution in [0.2, 0.25) is 5.02 Å². The van der Waals surface area contributed by atoms with Gasteiger partial charge in [-0.25, -0.2) is 0 Å². The Hall–Kier alpha value is -2.00. The molecule has 0 aliphatic rings. The van der Waals surface area contributed by atoms with Gasteiger partial charge in [0.05, 0.1) is 22.8 Å². The quantitative estimate of drug-likeness (QED) is 0.730. The zero-order chi connectivity index (χ0) is 13.9. The summed E-state index contributed by atoms with van der Waals surface area (Å²) in [6.45, 7) is 2.12. The van der Waals surface area contributed by atoms with Crippen LogP contribution in [0.3, 0.4) is 0 Å². The van der Waals surface area contributed by atoms with Gasteiger partial charge < -0.3 is 9.73 Å². The minimum atomic E-state index is 0.134. The Balaban J connectivity index is 2.00. The number of rotatable bonds is 4. The van der Waals surface area contributed by atoms with Gasteiger partial charge in [-0.2, -0.15) is 0 Å². The molecule has 0 spiro atoms. The van der Waals surface area contributed by atoms with E-state index < -0.39 is 0 Å². The van der Waals surface area contributed by atoms with Crippen LogP contribution in [0.5, 0.6) is 0 Å². The van der Waals surface area contributed by atoms with Crippen LogP contribution in [0.4, 0.5) is 5.69 Å². The van der Waals surface area contributed by atoms with Gasteiger partial charge >= 0.3 is 0 Å². The summed E-state index contributed by atoms with van der Waals surface area (Å²) >= 11 is 6.19. The third-order valence-corrected chi connectivity index (χ3v) is 3.65. The summed E-state index contributed by atoms with van der Waals surface area (Å²) in [5.41, 5.74) is 1.83.